The zero-order chi connectivity index (χ0) is 12.1. The largest absolute Gasteiger partial charge is 0.392 e. The van der Waals surface area contributed by atoms with Gasteiger partial charge >= 0.3 is 0 Å². The van der Waals surface area contributed by atoms with Crippen LogP contribution in [0, 0.1) is 17.8 Å². The van der Waals surface area contributed by atoms with Crippen LogP contribution in [0.25, 0.3) is 0 Å². The third-order valence-electron chi connectivity index (χ3n) is 4.12. The van der Waals surface area contributed by atoms with Gasteiger partial charge in [0.05, 0.1) is 12.2 Å². The van der Waals surface area contributed by atoms with Gasteiger partial charge < -0.3 is 10.2 Å². The molecule has 1 fully saturated rings. The highest BCUT2D eigenvalue weighted by atomic mass is 16.3. The molecule has 4 atom stereocenters. The summed E-state index contributed by atoms with van der Waals surface area (Å²) in [5.41, 5.74) is 0. The van der Waals surface area contributed by atoms with Crippen LogP contribution in [0.15, 0.2) is 12.7 Å². The maximum Gasteiger partial charge on any atom is 0.0650 e. The molecule has 16 heavy (non-hydrogen) atoms. The molecule has 2 nitrogen and oxygen atoms in total. The van der Waals surface area contributed by atoms with E-state index in [4.69, 9.17) is 0 Å². The van der Waals surface area contributed by atoms with Crippen LogP contribution in [0.4, 0.5) is 0 Å². The average molecular weight is 226 g/mol. The second-order valence-corrected chi connectivity index (χ2v) is 5.33. The SMILES string of the molecule is C=C[C@H](C)C(O)C(C)C(O)C1CCCCC1. The van der Waals surface area contributed by atoms with Crippen molar-refractivity contribution in [1.29, 1.82) is 0 Å². The monoisotopic (exact) mass is 226 g/mol. The molecular weight excluding hydrogens is 200 g/mol. The van der Waals surface area contributed by atoms with Gasteiger partial charge in [0.25, 0.3) is 0 Å². The Hall–Kier alpha value is -0.340. The lowest BCUT2D eigenvalue weighted by molar-refractivity contribution is -0.0316. The minimum Gasteiger partial charge on any atom is -0.392 e. The van der Waals surface area contributed by atoms with Gasteiger partial charge in [0.2, 0.25) is 0 Å². The Labute approximate surface area is 99.4 Å². The van der Waals surface area contributed by atoms with Crippen molar-refractivity contribution in [2.45, 2.75) is 58.2 Å². The van der Waals surface area contributed by atoms with Gasteiger partial charge in [-0.25, -0.2) is 0 Å². The molecule has 3 unspecified atom stereocenters. The van der Waals surface area contributed by atoms with E-state index in [1.807, 2.05) is 13.8 Å². The van der Waals surface area contributed by atoms with Crippen molar-refractivity contribution in [3.05, 3.63) is 12.7 Å². The van der Waals surface area contributed by atoms with E-state index in [0.717, 1.165) is 12.8 Å². The van der Waals surface area contributed by atoms with E-state index in [1.54, 1.807) is 6.08 Å². The molecule has 1 rings (SSSR count). The summed E-state index contributed by atoms with van der Waals surface area (Å²) in [6, 6.07) is 0. The van der Waals surface area contributed by atoms with Crippen LogP contribution < -0.4 is 0 Å². The molecule has 0 bridgehead atoms. The number of hydrogen-bond donors (Lipinski definition) is 2. The van der Waals surface area contributed by atoms with E-state index in [-0.39, 0.29) is 17.9 Å². The fourth-order valence-corrected chi connectivity index (χ4v) is 2.73. The number of hydrogen-bond acceptors (Lipinski definition) is 2. The van der Waals surface area contributed by atoms with Crippen LogP contribution in [0.5, 0.6) is 0 Å². The van der Waals surface area contributed by atoms with E-state index in [2.05, 4.69) is 6.58 Å². The smallest absolute Gasteiger partial charge is 0.0650 e. The maximum atomic E-state index is 10.3. The summed E-state index contributed by atoms with van der Waals surface area (Å²) in [5.74, 6) is 0.375. The summed E-state index contributed by atoms with van der Waals surface area (Å²) in [6.45, 7) is 7.59. The lowest BCUT2D eigenvalue weighted by Gasteiger charge is -2.34. The van der Waals surface area contributed by atoms with Crippen molar-refractivity contribution in [2.75, 3.05) is 0 Å². The standard InChI is InChI=1S/C14H26O2/c1-4-10(2)13(15)11(3)14(16)12-8-6-5-7-9-12/h4,10-16H,1,5-9H2,2-3H3/t10-,11?,13?,14?/m0/s1. The normalized spacial score (nSPS) is 25.8. The van der Waals surface area contributed by atoms with E-state index in [9.17, 15) is 10.2 Å². The second-order valence-electron chi connectivity index (χ2n) is 5.33. The fraction of sp³-hybridized carbons (Fsp3) is 0.857. The van der Waals surface area contributed by atoms with Crippen LogP contribution >= 0.6 is 0 Å². The van der Waals surface area contributed by atoms with Crippen LogP contribution in [0.3, 0.4) is 0 Å². The molecule has 2 N–H and O–H groups in total. The quantitative estimate of drug-likeness (QED) is 0.708. The van der Waals surface area contributed by atoms with Crippen LogP contribution in [-0.2, 0) is 0 Å². The molecule has 1 saturated carbocycles. The molecule has 0 aromatic rings. The topological polar surface area (TPSA) is 40.5 Å². The molecule has 0 aromatic carbocycles. The van der Waals surface area contributed by atoms with Crippen LogP contribution in [-0.4, -0.2) is 22.4 Å². The Morgan fingerprint density at radius 2 is 1.69 bits per heavy atom. The van der Waals surface area contributed by atoms with Crippen molar-refractivity contribution < 1.29 is 10.2 Å². The third-order valence-corrected chi connectivity index (χ3v) is 4.12. The Balaban J connectivity index is 2.50. The van der Waals surface area contributed by atoms with Crippen molar-refractivity contribution in [1.82, 2.24) is 0 Å². The fourth-order valence-electron chi connectivity index (χ4n) is 2.73. The summed E-state index contributed by atoms with van der Waals surface area (Å²) in [6.07, 6.45) is 6.88. The Bertz CT molecular complexity index is 209. The molecule has 2 heteroatoms. The van der Waals surface area contributed by atoms with Crippen molar-refractivity contribution in [3.63, 3.8) is 0 Å². The summed E-state index contributed by atoms with van der Waals surface area (Å²) < 4.78 is 0. The van der Waals surface area contributed by atoms with Gasteiger partial charge in [-0.1, -0.05) is 39.2 Å². The van der Waals surface area contributed by atoms with E-state index < -0.39 is 6.10 Å². The van der Waals surface area contributed by atoms with Gasteiger partial charge in [0.1, 0.15) is 0 Å². The van der Waals surface area contributed by atoms with Crippen LogP contribution in [0.2, 0.25) is 0 Å². The summed E-state index contributed by atoms with van der Waals surface area (Å²) in [7, 11) is 0. The molecule has 0 amide bonds. The predicted octanol–water partition coefficient (Wildman–Crippen LogP) is 2.75. The number of rotatable bonds is 5. The van der Waals surface area contributed by atoms with E-state index >= 15 is 0 Å². The Kier molecular flexibility index (Phi) is 5.50. The summed E-state index contributed by atoms with van der Waals surface area (Å²) in [4.78, 5) is 0. The molecular formula is C14H26O2. The third kappa shape index (κ3) is 3.33. The molecule has 0 heterocycles. The summed E-state index contributed by atoms with van der Waals surface area (Å²) in [5, 5.41) is 20.3. The zero-order valence-corrected chi connectivity index (χ0v) is 10.6. The van der Waals surface area contributed by atoms with Gasteiger partial charge in [-0.15, -0.1) is 6.58 Å². The summed E-state index contributed by atoms with van der Waals surface area (Å²) >= 11 is 0. The van der Waals surface area contributed by atoms with Gasteiger partial charge in [-0.3, -0.25) is 0 Å². The van der Waals surface area contributed by atoms with Crippen molar-refractivity contribution in [2.24, 2.45) is 17.8 Å². The first-order chi connectivity index (χ1) is 7.57. The molecule has 0 radical (unpaired) electrons. The molecule has 1 aliphatic rings. The molecule has 1 aliphatic carbocycles. The van der Waals surface area contributed by atoms with Gasteiger partial charge in [-0.05, 0) is 18.8 Å². The predicted molar refractivity (Wildman–Crippen MR) is 67.1 cm³/mol. The molecule has 0 aromatic heterocycles. The minimum absolute atomic E-state index is 0.0493. The van der Waals surface area contributed by atoms with Gasteiger partial charge in [0.15, 0.2) is 0 Å². The van der Waals surface area contributed by atoms with E-state index in [1.165, 1.54) is 19.3 Å². The highest BCUT2D eigenvalue weighted by Gasteiger charge is 2.31. The maximum absolute atomic E-state index is 10.3. The second kappa shape index (κ2) is 6.41. The highest BCUT2D eigenvalue weighted by Crippen LogP contribution is 2.31. The highest BCUT2D eigenvalue weighted by molar-refractivity contribution is 4.88. The Morgan fingerprint density at radius 3 is 2.19 bits per heavy atom. The molecule has 0 aliphatic heterocycles. The number of aliphatic hydroxyl groups excluding tert-OH is 2. The van der Waals surface area contributed by atoms with Gasteiger partial charge in [-0.2, -0.15) is 0 Å². The average Bonchev–Trinajstić information content (AvgIpc) is 2.36. The minimum atomic E-state index is -0.477. The zero-order valence-electron chi connectivity index (χ0n) is 10.6. The first kappa shape index (κ1) is 13.7. The molecule has 0 saturated heterocycles. The lowest BCUT2D eigenvalue weighted by atomic mass is 9.77. The number of aliphatic hydroxyl groups is 2. The first-order valence-electron chi connectivity index (χ1n) is 6.56. The van der Waals surface area contributed by atoms with Crippen molar-refractivity contribution >= 4 is 0 Å². The molecule has 94 valence electrons. The lowest BCUT2D eigenvalue weighted by Crippen LogP contribution is -2.38. The first-order valence-corrected chi connectivity index (χ1v) is 6.56. The van der Waals surface area contributed by atoms with Gasteiger partial charge in [0, 0.05) is 11.8 Å². The van der Waals surface area contributed by atoms with Crippen molar-refractivity contribution in [3.8, 4) is 0 Å². The van der Waals surface area contributed by atoms with Crippen LogP contribution in [0.1, 0.15) is 46.0 Å². The molecule has 0 spiro atoms. The van der Waals surface area contributed by atoms with E-state index in [0.29, 0.717) is 5.92 Å². The Morgan fingerprint density at radius 1 is 1.12 bits per heavy atom.